The quantitative estimate of drug-likeness (QED) is 0.922. The zero-order valence-corrected chi connectivity index (χ0v) is 11.4. The molecule has 1 amide bonds. The van der Waals surface area contributed by atoms with E-state index in [2.05, 4.69) is 15.5 Å². The summed E-state index contributed by atoms with van der Waals surface area (Å²) in [6.45, 7) is 5.64. The number of rotatable bonds is 4. The van der Waals surface area contributed by atoms with Gasteiger partial charge in [0.05, 0.1) is 11.4 Å². The molecule has 18 heavy (non-hydrogen) atoms. The summed E-state index contributed by atoms with van der Waals surface area (Å²) in [5.74, 6) is 0.745. The van der Waals surface area contributed by atoms with Crippen LogP contribution in [0.2, 0.25) is 0 Å². The van der Waals surface area contributed by atoms with E-state index in [9.17, 15) is 4.79 Å². The maximum atomic E-state index is 11.7. The second-order valence-corrected chi connectivity index (χ2v) is 5.00. The molecule has 96 valence electrons. The average molecular weight is 265 g/mol. The van der Waals surface area contributed by atoms with Crippen molar-refractivity contribution in [1.29, 1.82) is 0 Å². The van der Waals surface area contributed by atoms with Crippen molar-refractivity contribution in [3.63, 3.8) is 0 Å². The van der Waals surface area contributed by atoms with Crippen LogP contribution in [0.15, 0.2) is 9.90 Å². The summed E-state index contributed by atoms with van der Waals surface area (Å²) in [5.41, 5.74) is 2.78. The van der Waals surface area contributed by atoms with Crippen LogP contribution in [0.5, 0.6) is 0 Å². The van der Waals surface area contributed by atoms with Crippen LogP contribution in [0, 0.1) is 20.8 Å². The van der Waals surface area contributed by atoms with Gasteiger partial charge in [0.1, 0.15) is 5.76 Å². The molecule has 0 bridgehead atoms. The normalized spacial score (nSPS) is 10.6. The fourth-order valence-electron chi connectivity index (χ4n) is 1.69. The first-order valence-corrected chi connectivity index (χ1v) is 6.58. The van der Waals surface area contributed by atoms with Crippen LogP contribution < -0.4 is 5.32 Å². The lowest BCUT2D eigenvalue weighted by molar-refractivity contribution is -0.116. The van der Waals surface area contributed by atoms with Crippen LogP contribution in [-0.4, -0.2) is 16.0 Å². The molecule has 5 nitrogen and oxygen atoms in total. The van der Waals surface area contributed by atoms with Crippen molar-refractivity contribution < 1.29 is 9.32 Å². The Morgan fingerprint density at radius 1 is 1.44 bits per heavy atom. The molecule has 0 aromatic carbocycles. The van der Waals surface area contributed by atoms with Crippen molar-refractivity contribution in [2.75, 3.05) is 5.32 Å². The van der Waals surface area contributed by atoms with Crippen LogP contribution in [0.3, 0.4) is 0 Å². The number of nitrogens with one attached hydrogen (secondary N) is 1. The van der Waals surface area contributed by atoms with Gasteiger partial charge in [-0.25, -0.2) is 4.98 Å². The molecule has 1 N–H and O–H groups in total. The highest BCUT2D eigenvalue weighted by Crippen LogP contribution is 2.17. The van der Waals surface area contributed by atoms with Crippen LogP contribution in [-0.2, 0) is 11.2 Å². The number of aromatic nitrogens is 2. The third-order valence-corrected chi connectivity index (χ3v) is 3.52. The van der Waals surface area contributed by atoms with Gasteiger partial charge in [0.25, 0.3) is 0 Å². The maximum Gasteiger partial charge on any atom is 0.226 e. The molecule has 0 saturated heterocycles. The van der Waals surface area contributed by atoms with Crippen molar-refractivity contribution in [2.24, 2.45) is 0 Å². The first-order valence-electron chi connectivity index (χ1n) is 5.70. The predicted octanol–water partition coefficient (Wildman–Crippen LogP) is 2.63. The number of hydrogen-bond donors (Lipinski definition) is 1. The van der Waals surface area contributed by atoms with Gasteiger partial charge in [0.2, 0.25) is 5.91 Å². The Kier molecular flexibility index (Phi) is 3.76. The van der Waals surface area contributed by atoms with Gasteiger partial charge in [-0.1, -0.05) is 5.16 Å². The van der Waals surface area contributed by atoms with Gasteiger partial charge < -0.3 is 9.84 Å². The highest BCUT2D eigenvalue weighted by Gasteiger charge is 2.11. The van der Waals surface area contributed by atoms with Gasteiger partial charge in [-0.2, -0.15) is 0 Å². The summed E-state index contributed by atoms with van der Waals surface area (Å²) in [4.78, 5) is 15.9. The number of nitrogens with zero attached hydrogens (tertiary/aromatic N) is 2. The molecule has 2 aromatic rings. The van der Waals surface area contributed by atoms with Gasteiger partial charge >= 0.3 is 0 Å². The van der Waals surface area contributed by atoms with Crippen LogP contribution in [0.4, 0.5) is 5.13 Å². The minimum Gasteiger partial charge on any atom is -0.361 e. The van der Waals surface area contributed by atoms with Gasteiger partial charge in [-0.15, -0.1) is 11.3 Å². The lowest BCUT2D eigenvalue weighted by Gasteiger charge is -2.01. The van der Waals surface area contributed by atoms with Crippen LogP contribution >= 0.6 is 11.3 Å². The fourth-order valence-corrected chi connectivity index (χ4v) is 2.39. The standard InChI is InChI=1S/C12H15N3O2S/c1-7-6-18-12(13-7)14-11(16)5-4-10-8(2)15-17-9(10)3/h6H,4-5H2,1-3H3,(H,13,14,16). The Hall–Kier alpha value is -1.69. The van der Waals surface area contributed by atoms with Gasteiger partial charge in [0, 0.05) is 17.4 Å². The summed E-state index contributed by atoms with van der Waals surface area (Å²) in [5, 5.41) is 9.20. The molecular weight excluding hydrogens is 250 g/mol. The van der Waals surface area contributed by atoms with Crippen LogP contribution in [0.1, 0.15) is 29.1 Å². The Morgan fingerprint density at radius 2 is 2.22 bits per heavy atom. The topological polar surface area (TPSA) is 68.0 Å². The van der Waals surface area contributed by atoms with E-state index in [0.29, 0.717) is 18.0 Å². The summed E-state index contributed by atoms with van der Waals surface area (Å²) in [6.07, 6.45) is 1.04. The average Bonchev–Trinajstić information content (AvgIpc) is 2.84. The molecule has 2 rings (SSSR count). The Labute approximate surface area is 109 Å². The summed E-state index contributed by atoms with van der Waals surface area (Å²) in [6, 6.07) is 0. The van der Waals surface area contributed by atoms with Gasteiger partial charge in [0.15, 0.2) is 5.13 Å². The van der Waals surface area contributed by atoms with Crippen molar-refractivity contribution in [3.05, 3.63) is 28.1 Å². The van der Waals surface area contributed by atoms with Crippen molar-refractivity contribution >= 4 is 22.4 Å². The summed E-state index contributed by atoms with van der Waals surface area (Å²) in [7, 11) is 0. The lowest BCUT2D eigenvalue weighted by Crippen LogP contribution is -2.12. The molecule has 0 spiro atoms. The van der Waals surface area contributed by atoms with Crippen molar-refractivity contribution in [1.82, 2.24) is 10.1 Å². The second-order valence-electron chi connectivity index (χ2n) is 4.14. The minimum atomic E-state index is -0.0376. The number of amides is 1. The molecule has 0 radical (unpaired) electrons. The lowest BCUT2D eigenvalue weighted by atomic mass is 10.1. The molecule has 0 aliphatic carbocycles. The first-order chi connectivity index (χ1) is 8.56. The first kappa shape index (κ1) is 12.8. The van der Waals surface area contributed by atoms with E-state index in [-0.39, 0.29) is 5.91 Å². The third kappa shape index (κ3) is 2.95. The van der Waals surface area contributed by atoms with E-state index >= 15 is 0 Å². The minimum absolute atomic E-state index is 0.0376. The third-order valence-electron chi connectivity index (χ3n) is 2.65. The predicted molar refractivity (Wildman–Crippen MR) is 69.8 cm³/mol. The summed E-state index contributed by atoms with van der Waals surface area (Å²) >= 11 is 1.43. The number of thiazole rings is 1. The Morgan fingerprint density at radius 3 is 2.78 bits per heavy atom. The Bertz CT molecular complexity index is 540. The van der Waals surface area contributed by atoms with E-state index in [1.165, 1.54) is 11.3 Å². The molecule has 0 aliphatic heterocycles. The number of carbonyl (C=O) groups is 1. The molecule has 6 heteroatoms. The highest BCUT2D eigenvalue weighted by molar-refractivity contribution is 7.13. The molecule has 0 fully saturated rings. The largest absolute Gasteiger partial charge is 0.361 e. The second kappa shape index (κ2) is 5.30. The summed E-state index contributed by atoms with van der Waals surface area (Å²) < 4.78 is 5.06. The van der Waals surface area contributed by atoms with E-state index < -0.39 is 0 Å². The van der Waals surface area contributed by atoms with Crippen molar-refractivity contribution in [2.45, 2.75) is 33.6 Å². The molecule has 0 atom stereocenters. The number of hydrogen-bond acceptors (Lipinski definition) is 5. The number of aryl methyl sites for hydroxylation is 3. The highest BCUT2D eigenvalue weighted by atomic mass is 32.1. The van der Waals surface area contributed by atoms with E-state index in [4.69, 9.17) is 4.52 Å². The van der Waals surface area contributed by atoms with E-state index in [1.54, 1.807) is 0 Å². The fraction of sp³-hybridized carbons (Fsp3) is 0.417. The monoisotopic (exact) mass is 265 g/mol. The van der Waals surface area contributed by atoms with Gasteiger partial charge in [-0.05, 0) is 27.2 Å². The number of anilines is 1. The molecular formula is C12H15N3O2S. The molecule has 0 unspecified atom stereocenters. The molecule has 0 aliphatic rings. The Balaban J connectivity index is 1.89. The van der Waals surface area contributed by atoms with Crippen molar-refractivity contribution in [3.8, 4) is 0 Å². The van der Waals surface area contributed by atoms with Crippen LogP contribution in [0.25, 0.3) is 0 Å². The molecule has 2 aromatic heterocycles. The molecule has 0 saturated carbocycles. The zero-order valence-electron chi connectivity index (χ0n) is 10.6. The van der Waals surface area contributed by atoms with Gasteiger partial charge in [-0.3, -0.25) is 4.79 Å². The maximum absolute atomic E-state index is 11.7. The molecule has 2 heterocycles. The smallest absolute Gasteiger partial charge is 0.226 e. The van der Waals surface area contributed by atoms with E-state index in [1.807, 2.05) is 26.2 Å². The zero-order chi connectivity index (χ0) is 13.1. The number of carbonyl (C=O) groups excluding carboxylic acids is 1. The SMILES string of the molecule is Cc1csc(NC(=O)CCc2c(C)noc2C)n1. The van der Waals surface area contributed by atoms with E-state index in [0.717, 1.165) is 22.7 Å².